The number of aryl methyl sites for hydroxylation is 1. The highest BCUT2D eigenvalue weighted by Crippen LogP contribution is 2.15. The van der Waals surface area contributed by atoms with Crippen molar-refractivity contribution < 1.29 is 4.79 Å². The number of nitrogens with two attached hydrogens (primary N) is 1. The molecule has 6 N–H and O–H groups in total. The molecule has 0 saturated heterocycles. The number of aromatic nitrogens is 2. The van der Waals surface area contributed by atoms with Gasteiger partial charge in [0.25, 0.3) is 0 Å². The Labute approximate surface area is 153 Å². The van der Waals surface area contributed by atoms with Crippen molar-refractivity contribution in [2.45, 2.75) is 32.5 Å². The molecule has 0 saturated carbocycles. The van der Waals surface area contributed by atoms with Crippen LogP contribution >= 0.6 is 0 Å². The summed E-state index contributed by atoms with van der Waals surface area (Å²) in [5.74, 6) is 0.944. The number of carbonyl (C=O) groups excluding carboxylic acids is 1. The number of anilines is 2. The molecule has 1 aromatic heterocycles. The number of nitrogens with one attached hydrogen (secondary N) is 4. The van der Waals surface area contributed by atoms with E-state index < -0.39 is 0 Å². The summed E-state index contributed by atoms with van der Waals surface area (Å²) in [6, 6.07) is 9.72. The predicted molar refractivity (Wildman–Crippen MR) is 102 cm³/mol. The smallest absolute Gasteiger partial charge is 0.322 e. The Morgan fingerprint density at radius 3 is 2.92 bits per heavy atom. The molecule has 2 aromatic rings. The Balaban J connectivity index is 1.56. The largest absolute Gasteiger partial charge is 0.370 e. The molecule has 8 heteroatoms. The number of hydrogen-bond donors (Lipinski definition) is 5. The number of amides is 2. The van der Waals surface area contributed by atoms with Crippen molar-refractivity contribution in [1.82, 2.24) is 20.6 Å². The van der Waals surface area contributed by atoms with E-state index >= 15 is 0 Å². The lowest BCUT2D eigenvalue weighted by Crippen LogP contribution is -2.50. The van der Waals surface area contributed by atoms with Crippen LogP contribution in [0, 0.1) is 6.92 Å². The fourth-order valence-corrected chi connectivity index (χ4v) is 2.89. The van der Waals surface area contributed by atoms with Crippen LogP contribution in [-0.4, -0.2) is 35.3 Å². The second-order valence-electron chi connectivity index (χ2n) is 6.29. The second kappa shape index (κ2) is 8.59. The monoisotopic (exact) mass is 355 g/mol. The van der Waals surface area contributed by atoms with Gasteiger partial charge in [0.15, 0.2) is 0 Å². The van der Waals surface area contributed by atoms with Crippen molar-refractivity contribution in [1.29, 1.82) is 0 Å². The molecule has 1 aliphatic heterocycles. The van der Waals surface area contributed by atoms with Crippen LogP contribution in [0.1, 0.15) is 23.2 Å². The average molecular weight is 355 g/mol. The molecule has 26 heavy (non-hydrogen) atoms. The minimum absolute atomic E-state index is 0.128. The summed E-state index contributed by atoms with van der Waals surface area (Å²) in [6.45, 7) is 3.93. The molecule has 0 bridgehead atoms. The van der Waals surface area contributed by atoms with Crippen molar-refractivity contribution in [2.24, 2.45) is 5.73 Å². The standard InChI is InChI=1S/C18H25N7O/c1-12-9-15(20-8-4-7-19)23-17(22-12)25-18(26)24-16-10-13-5-2-3-6-14(13)11-21-16/h2-3,5-6,9,16,21H,4,7-8,10-11,19H2,1H3,(H3,20,22,23,24,25,26). The summed E-state index contributed by atoms with van der Waals surface area (Å²) in [5, 5.41) is 12.1. The average Bonchev–Trinajstić information content (AvgIpc) is 2.61. The zero-order valence-corrected chi connectivity index (χ0v) is 14.9. The molecule has 0 radical (unpaired) electrons. The lowest BCUT2D eigenvalue weighted by atomic mass is 9.99. The highest BCUT2D eigenvalue weighted by molar-refractivity contribution is 5.87. The number of fused-ring (bicyclic) bond motifs is 1. The molecule has 0 spiro atoms. The van der Waals surface area contributed by atoms with Crippen molar-refractivity contribution >= 4 is 17.8 Å². The van der Waals surface area contributed by atoms with Crippen LogP contribution in [-0.2, 0) is 13.0 Å². The first-order valence-corrected chi connectivity index (χ1v) is 8.81. The van der Waals surface area contributed by atoms with Gasteiger partial charge in [-0.3, -0.25) is 10.6 Å². The summed E-state index contributed by atoms with van der Waals surface area (Å²) >= 11 is 0. The summed E-state index contributed by atoms with van der Waals surface area (Å²) in [5.41, 5.74) is 8.78. The third-order valence-corrected chi connectivity index (χ3v) is 4.15. The third-order valence-electron chi connectivity index (χ3n) is 4.15. The van der Waals surface area contributed by atoms with E-state index in [1.807, 2.05) is 25.1 Å². The van der Waals surface area contributed by atoms with E-state index in [0.717, 1.165) is 31.6 Å². The normalized spacial score (nSPS) is 15.8. The van der Waals surface area contributed by atoms with Gasteiger partial charge in [0, 0.05) is 31.3 Å². The maximum Gasteiger partial charge on any atom is 0.322 e. The molecule has 0 aliphatic carbocycles. The van der Waals surface area contributed by atoms with Gasteiger partial charge in [0.1, 0.15) is 5.82 Å². The lowest BCUT2D eigenvalue weighted by molar-refractivity contribution is 0.244. The Morgan fingerprint density at radius 1 is 1.31 bits per heavy atom. The van der Waals surface area contributed by atoms with Crippen LogP contribution in [0.15, 0.2) is 30.3 Å². The van der Waals surface area contributed by atoms with Gasteiger partial charge in [-0.15, -0.1) is 0 Å². The van der Waals surface area contributed by atoms with Gasteiger partial charge >= 0.3 is 6.03 Å². The van der Waals surface area contributed by atoms with Gasteiger partial charge in [0.05, 0.1) is 6.17 Å². The van der Waals surface area contributed by atoms with Gasteiger partial charge in [-0.2, -0.15) is 4.98 Å². The number of carbonyl (C=O) groups is 1. The number of rotatable bonds is 6. The second-order valence-corrected chi connectivity index (χ2v) is 6.29. The predicted octanol–water partition coefficient (Wildman–Crippen LogP) is 1.34. The highest BCUT2D eigenvalue weighted by atomic mass is 16.2. The zero-order valence-electron chi connectivity index (χ0n) is 14.9. The van der Waals surface area contributed by atoms with E-state index in [-0.39, 0.29) is 18.1 Å². The molecule has 138 valence electrons. The Bertz CT molecular complexity index is 765. The fourth-order valence-electron chi connectivity index (χ4n) is 2.89. The first-order valence-electron chi connectivity index (χ1n) is 8.81. The van der Waals surface area contributed by atoms with Crippen LogP contribution in [0.5, 0.6) is 0 Å². The van der Waals surface area contributed by atoms with Gasteiger partial charge in [-0.1, -0.05) is 24.3 Å². The number of nitrogens with zero attached hydrogens (tertiary/aromatic N) is 2. The number of hydrogen-bond acceptors (Lipinski definition) is 6. The molecule has 1 unspecified atom stereocenters. The van der Waals surface area contributed by atoms with E-state index in [1.165, 1.54) is 11.1 Å². The molecule has 0 fully saturated rings. The molecule has 1 aliphatic rings. The van der Waals surface area contributed by atoms with Crippen LogP contribution in [0.25, 0.3) is 0 Å². The van der Waals surface area contributed by atoms with Gasteiger partial charge in [-0.05, 0) is 31.0 Å². The molecular weight excluding hydrogens is 330 g/mol. The van der Waals surface area contributed by atoms with E-state index in [1.54, 1.807) is 0 Å². The van der Waals surface area contributed by atoms with Crippen molar-refractivity contribution in [3.63, 3.8) is 0 Å². The van der Waals surface area contributed by atoms with Gasteiger partial charge < -0.3 is 16.4 Å². The van der Waals surface area contributed by atoms with Crippen LogP contribution in [0.2, 0.25) is 0 Å². The molecular formula is C18H25N7O. The molecule has 3 rings (SSSR count). The van der Waals surface area contributed by atoms with E-state index in [2.05, 4.69) is 43.4 Å². The van der Waals surface area contributed by atoms with Crippen molar-refractivity contribution in [3.05, 3.63) is 47.2 Å². The quantitative estimate of drug-likeness (QED) is 0.499. The topological polar surface area (TPSA) is 117 Å². The third kappa shape index (κ3) is 4.90. The summed E-state index contributed by atoms with van der Waals surface area (Å²) in [7, 11) is 0. The van der Waals surface area contributed by atoms with E-state index in [4.69, 9.17) is 5.73 Å². The molecule has 1 aromatic carbocycles. The summed E-state index contributed by atoms with van der Waals surface area (Å²) in [4.78, 5) is 20.9. The zero-order chi connectivity index (χ0) is 18.4. The van der Waals surface area contributed by atoms with Gasteiger partial charge in [-0.25, -0.2) is 9.78 Å². The number of urea groups is 1. The fraction of sp³-hybridized carbons (Fsp3) is 0.389. The van der Waals surface area contributed by atoms with Crippen LogP contribution < -0.4 is 27.0 Å². The maximum absolute atomic E-state index is 12.3. The summed E-state index contributed by atoms with van der Waals surface area (Å²) in [6.07, 6.45) is 1.46. The Hall–Kier alpha value is -2.71. The highest BCUT2D eigenvalue weighted by Gasteiger charge is 2.19. The number of benzene rings is 1. The van der Waals surface area contributed by atoms with Crippen molar-refractivity contribution in [2.75, 3.05) is 23.7 Å². The Morgan fingerprint density at radius 2 is 2.12 bits per heavy atom. The Kier molecular flexibility index (Phi) is 5.98. The summed E-state index contributed by atoms with van der Waals surface area (Å²) < 4.78 is 0. The first kappa shape index (κ1) is 18.1. The van der Waals surface area contributed by atoms with Gasteiger partial charge in [0.2, 0.25) is 5.95 Å². The minimum atomic E-state index is -0.333. The van der Waals surface area contributed by atoms with E-state index in [0.29, 0.717) is 12.4 Å². The molecule has 8 nitrogen and oxygen atoms in total. The van der Waals surface area contributed by atoms with E-state index in [9.17, 15) is 4.79 Å². The van der Waals surface area contributed by atoms with Crippen LogP contribution in [0.3, 0.4) is 0 Å². The van der Waals surface area contributed by atoms with Crippen LogP contribution in [0.4, 0.5) is 16.6 Å². The minimum Gasteiger partial charge on any atom is -0.370 e. The maximum atomic E-state index is 12.3. The van der Waals surface area contributed by atoms with Crippen molar-refractivity contribution in [3.8, 4) is 0 Å². The first-order chi connectivity index (χ1) is 12.6. The lowest BCUT2D eigenvalue weighted by Gasteiger charge is -2.26. The molecule has 2 heterocycles. The molecule has 1 atom stereocenters. The SMILES string of the molecule is Cc1cc(NCCCN)nc(NC(=O)NC2Cc3ccccc3CN2)n1. The molecule has 2 amide bonds.